The van der Waals surface area contributed by atoms with Crippen molar-refractivity contribution in [2.24, 2.45) is 11.7 Å². The maximum Gasteiger partial charge on any atom is 0.263 e. The van der Waals surface area contributed by atoms with Gasteiger partial charge in [-0.3, -0.25) is 4.79 Å². The van der Waals surface area contributed by atoms with Crippen LogP contribution in [0.4, 0.5) is 0 Å². The molecule has 2 unspecified atom stereocenters. The van der Waals surface area contributed by atoms with Gasteiger partial charge in [0, 0.05) is 24.1 Å². The van der Waals surface area contributed by atoms with Gasteiger partial charge in [-0.25, -0.2) is 0 Å². The normalized spacial score (nSPS) is 13.9. The van der Waals surface area contributed by atoms with Crippen LogP contribution in [0.25, 0.3) is 0 Å². The van der Waals surface area contributed by atoms with Gasteiger partial charge < -0.3 is 15.4 Å². The summed E-state index contributed by atoms with van der Waals surface area (Å²) in [4.78, 5) is 13.9. The molecule has 5 heteroatoms. The lowest BCUT2D eigenvalue weighted by molar-refractivity contribution is -0.136. The summed E-state index contributed by atoms with van der Waals surface area (Å²) in [6.45, 7) is 6.59. The Labute approximate surface area is 135 Å². The molecular weight excluding hydrogens is 332 g/mol. The van der Waals surface area contributed by atoms with E-state index in [1.807, 2.05) is 24.3 Å². The third kappa shape index (κ3) is 6.06. The number of hydrogen-bond donors (Lipinski definition) is 1. The van der Waals surface area contributed by atoms with Crippen LogP contribution in [0.2, 0.25) is 0 Å². The van der Waals surface area contributed by atoms with Crippen LogP contribution in [-0.2, 0) is 4.79 Å². The molecule has 21 heavy (non-hydrogen) atoms. The molecule has 1 amide bonds. The Balaban J connectivity index is 2.49. The minimum atomic E-state index is -0.514. The molecule has 0 saturated carbocycles. The number of hydrogen-bond acceptors (Lipinski definition) is 3. The number of nitrogens with two attached hydrogens (primary N) is 1. The molecule has 0 fully saturated rings. The fourth-order valence-electron chi connectivity index (χ4n) is 1.89. The molecule has 0 spiro atoms. The second kappa shape index (κ2) is 8.39. The summed E-state index contributed by atoms with van der Waals surface area (Å²) in [6, 6.07) is 7.59. The maximum absolute atomic E-state index is 12.3. The second-order valence-electron chi connectivity index (χ2n) is 5.67. The van der Waals surface area contributed by atoms with E-state index in [0.717, 1.165) is 10.9 Å². The number of benzene rings is 1. The maximum atomic E-state index is 12.3. The molecule has 0 radical (unpaired) electrons. The van der Waals surface area contributed by atoms with Gasteiger partial charge in [-0.15, -0.1) is 0 Å². The average molecular weight is 357 g/mol. The smallest absolute Gasteiger partial charge is 0.263 e. The number of carbonyl (C=O) groups excluding carboxylic acids is 1. The van der Waals surface area contributed by atoms with Crippen LogP contribution in [0.1, 0.15) is 27.2 Å². The summed E-state index contributed by atoms with van der Waals surface area (Å²) < 4.78 is 6.61. The lowest BCUT2D eigenvalue weighted by Gasteiger charge is -2.24. The molecule has 0 saturated heterocycles. The van der Waals surface area contributed by atoms with Gasteiger partial charge >= 0.3 is 0 Å². The first-order valence-corrected chi connectivity index (χ1v) is 8.03. The zero-order valence-electron chi connectivity index (χ0n) is 13.2. The van der Waals surface area contributed by atoms with Crippen molar-refractivity contribution >= 4 is 21.8 Å². The summed E-state index contributed by atoms with van der Waals surface area (Å²) in [7, 11) is 1.79. The fourth-order valence-corrected chi connectivity index (χ4v) is 2.27. The third-order valence-corrected chi connectivity index (χ3v) is 3.98. The molecule has 118 valence electrons. The van der Waals surface area contributed by atoms with E-state index in [9.17, 15) is 4.79 Å². The molecule has 4 nitrogen and oxygen atoms in total. The van der Waals surface area contributed by atoms with Crippen LogP contribution in [0.3, 0.4) is 0 Å². The van der Waals surface area contributed by atoms with Crippen LogP contribution in [-0.4, -0.2) is 36.5 Å². The molecular formula is C16H25BrN2O2. The van der Waals surface area contributed by atoms with Gasteiger partial charge in [0.25, 0.3) is 5.91 Å². The highest BCUT2D eigenvalue weighted by atomic mass is 79.9. The molecule has 0 aliphatic rings. The highest BCUT2D eigenvalue weighted by Gasteiger charge is 2.20. The number of halogens is 1. The molecule has 0 aromatic heterocycles. The van der Waals surface area contributed by atoms with E-state index < -0.39 is 6.10 Å². The topological polar surface area (TPSA) is 55.6 Å². The Morgan fingerprint density at radius 1 is 1.38 bits per heavy atom. The summed E-state index contributed by atoms with van der Waals surface area (Å²) in [5.74, 6) is 1.06. The van der Waals surface area contributed by atoms with E-state index in [4.69, 9.17) is 10.5 Å². The minimum absolute atomic E-state index is 0.0362. The zero-order chi connectivity index (χ0) is 16.0. The lowest BCUT2D eigenvalue weighted by Crippen LogP contribution is -2.40. The second-order valence-corrected chi connectivity index (χ2v) is 6.59. The van der Waals surface area contributed by atoms with Crippen molar-refractivity contribution in [2.75, 3.05) is 13.6 Å². The number of ether oxygens (including phenoxy) is 1. The standard InChI is InChI=1S/C16H25BrN2O2/c1-11(2)15(18)8-9-19(4)16(20)12(3)21-14-7-5-6-13(17)10-14/h5-7,10-12,15H,8-9,18H2,1-4H3. The van der Waals surface area contributed by atoms with Crippen LogP contribution < -0.4 is 10.5 Å². The Hall–Kier alpha value is -1.07. The van der Waals surface area contributed by atoms with Crippen molar-refractivity contribution in [3.8, 4) is 5.75 Å². The third-order valence-electron chi connectivity index (χ3n) is 3.49. The summed E-state index contributed by atoms with van der Waals surface area (Å²) in [6.07, 6.45) is 0.281. The van der Waals surface area contributed by atoms with E-state index in [1.165, 1.54) is 0 Å². The highest BCUT2D eigenvalue weighted by Crippen LogP contribution is 2.19. The largest absolute Gasteiger partial charge is 0.481 e. The van der Waals surface area contributed by atoms with Crippen LogP contribution in [0.5, 0.6) is 5.75 Å². The SMILES string of the molecule is CC(Oc1cccc(Br)c1)C(=O)N(C)CCC(N)C(C)C. The van der Waals surface area contributed by atoms with Crippen molar-refractivity contribution < 1.29 is 9.53 Å². The van der Waals surface area contributed by atoms with Crippen LogP contribution >= 0.6 is 15.9 Å². The molecule has 0 aliphatic heterocycles. The van der Waals surface area contributed by atoms with Gasteiger partial charge in [-0.2, -0.15) is 0 Å². The number of carbonyl (C=O) groups is 1. The number of amides is 1. The van der Waals surface area contributed by atoms with E-state index in [-0.39, 0.29) is 11.9 Å². The minimum Gasteiger partial charge on any atom is -0.481 e. The molecule has 1 aromatic carbocycles. The molecule has 0 bridgehead atoms. The molecule has 1 rings (SSSR count). The molecule has 0 aliphatic carbocycles. The Morgan fingerprint density at radius 3 is 2.62 bits per heavy atom. The van der Waals surface area contributed by atoms with Crippen molar-refractivity contribution in [2.45, 2.75) is 39.3 Å². The predicted octanol–water partition coefficient (Wildman–Crippen LogP) is 3.05. The van der Waals surface area contributed by atoms with Gasteiger partial charge in [-0.1, -0.05) is 35.8 Å². The van der Waals surface area contributed by atoms with Gasteiger partial charge in [0.05, 0.1) is 0 Å². The summed E-state index contributed by atoms with van der Waals surface area (Å²) >= 11 is 3.38. The number of likely N-dealkylation sites (N-methyl/N-ethyl adjacent to an activating group) is 1. The quantitative estimate of drug-likeness (QED) is 0.816. The zero-order valence-corrected chi connectivity index (χ0v) is 14.8. The van der Waals surface area contributed by atoms with Crippen molar-refractivity contribution in [3.63, 3.8) is 0 Å². The van der Waals surface area contributed by atoms with E-state index in [1.54, 1.807) is 18.9 Å². The van der Waals surface area contributed by atoms with Crippen molar-refractivity contribution in [3.05, 3.63) is 28.7 Å². The first-order chi connectivity index (χ1) is 9.81. The van der Waals surface area contributed by atoms with Crippen LogP contribution in [0, 0.1) is 5.92 Å². The van der Waals surface area contributed by atoms with E-state index in [0.29, 0.717) is 18.2 Å². The number of rotatable bonds is 7. The Kier molecular flexibility index (Phi) is 7.18. The molecule has 2 N–H and O–H groups in total. The predicted molar refractivity (Wildman–Crippen MR) is 89.3 cm³/mol. The number of nitrogens with zero attached hydrogens (tertiary/aromatic N) is 1. The lowest BCUT2D eigenvalue weighted by atomic mass is 10.0. The monoisotopic (exact) mass is 356 g/mol. The van der Waals surface area contributed by atoms with Gasteiger partial charge in [0.1, 0.15) is 5.75 Å². The van der Waals surface area contributed by atoms with Crippen LogP contribution in [0.15, 0.2) is 28.7 Å². The molecule has 2 atom stereocenters. The first-order valence-electron chi connectivity index (χ1n) is 7.24. The fraction of sp³-hybridized carbons (Fsp3) is 0.562. The summed E-state index contributed by atoms with van der Waals surface area (Å²) in [5, 5.41) is 0. The van der Waals surface area contributed by atoms with E-state index >= 15 is 0 Å². The van der Waals surface area contributed by atoms with Gasteiger partial charge in [-0.05, 0) is 37.5 Å². The molecule has 0 heterocycles. The first kappa shape index (κ1) is 18.0. The average Bonchev–Trinajstić information content (AvgIpc) is 2.43. The van der Waals surface area contributed by atoms with Crippen molar-refractivity contribution in [1.82, 2.24) is 4.90 Å². The summed E-state index contributed by atoms with van der Waals surface area (Å²) in [5.41, 5.74) is 6.01. The Bertz CT molecular complexity index is 465. The highest BCUT2D eigenvalue weighted by molar-refractivity contribution is 9.10. The Morgan fingerprint density at radius 2 is 2.05 bits per heavy atom. The molecule has 1 aromatic rings. The van der Waals surface area contributed by atoms with Gasteiger partial charge in [0.2, 0.25) is 0 Å². The van der Waals surface area contributed by atoms with E-state index in [2.05, 4.69) is 29.8 Å². The van der Waals surface area contributed by atoms with Crippen molar-refractivity contribution in [1.29, 1.82) is 0 Å². The van der Waals surface area contributed by atoms with Gasteiger partial charge in [0.15, 0.2) is 6.10 Å².